The van der Waals surface area contributed by atoms with Crippen LogP contribution >= 0.6 is 0 Å². The third-order valence-corrected chi connectivity index (χ3v) is 5.88. The number of benzene rings is 2. The molecule has 0 spiro atoms. The summed E-state index contributed by atoms with van der Waals surface area (Å²) in [4.78, 5) is 18.0. The standard InChI is InChI=1S/C25H23F4N5O3/c1-24(2,3)36-23(35)33-11-15(12-33)21-20-17(26)8-5-9-18(20)34(31-21)13-19-30-22(32-37-19)14-6-4-7-16(10-14)25(27,28)29/h4-10,15H,11-13H2,1-3H3. The van der Waals surface area contributed by atoms with Crippen molar-refractivity contribution in [1.29, 1.82) is 0 Å². The highest BCUT2D eigenvalue weighted by Gasteiger charge is 2.38. The highest BCUT2D eigenvalue weighted by molar-refractivity contribution is 5.84. The number of alkyl halides is 3. The van der Waals surface area contributed by atoms with E-state index in [4.69, 9.17) is 9.26 Å². The number of fused-ring (bicyclic) bond motifs is 1. The number of likely N-dealkylation sites (tertiary alicyclic amines) is 1. The molecule has 0 N–H and O–H groups in total. The van der Waals surface area contributed by atoms with E-state index in [1.54, 1.807) is 32.9 Å². The van der Waals surface area contributed by atoms with Crippen molar-refractivity contribution < 1.29 is 31.6 Å². The molecule has 1 aliphatic heterocycles. The van der Waals surface area contributed by atoms with Crippen LogP contribution < -0.4 is 0 Å². The zero-order chi connectivity index (χ0) is 26.5. The fourth-order valence-electron chi connectivity index (χ4n) is 4.15. The third kappa shape index (κ3) is 5.00. The van der Waals surface area contributed by atoms with E-state index in [0.717, 1.165) is 12.1 Å². The molecule has 0 bridgehead atoms. The van der Waals surface area contributed by atoms with Crippen LogP contribution in [0.5, 0.6) is 0 Å². The molecule has 1 amide bonds. The second-order valence-corrected chi connectivity index (χ2v) is 9.85. The summed E-state index contributed by atoms with van der Waals surface area (Å²) in [6, 6.07) is 9.20. The first-order valence-corrected chi connectivity index (χ1v) is 11.5. The van der Waals surface area contributed by atoms with E-state index in [0.29, 0.717) is 29.7 Å². The molecule has 8 nitrogen and oxygen atoms in total. The van der Waals surface area contributed by atoms with Crippen molar-refractivity contribution >= 4 is 17.0 Å². The van der Waals surface area contributed by atoms with Crippen molar-refractivity contribution in [3.05, 3.63) is 65.4 Å². The zero-order valence-electron chi connectivity index (χ0n) is 20.2. The number of hydrogen-bond donors (Lipinski definition) is 0. The van der Waals surface area contributed by atoms with Gasteiger partial charge in [0.2, 0.25) is 11.7 Å². The molecular weight excluding hydrogens is 494 g/mol. The van der Waals surface area contributed by atoms with Crippen molar-refractivity contribution in [1.82, 2.24) is 24.8 Å². The fourth-order valence-corrected chi connectivity index (χ4v) is 4.15. The number of hydrogen-bond acceptors (Lipinski definition) is 6. The SMILES string of the molecule is CC(C)(C)OC(=O)N1CC(c2nn(Cc3nc(-c4cccc(C(F)(F)F)c4)no3)c3cccc(F)c23)C1. The van der Waals surface area contributed by atoms with Gasteiger partial charge in [0, 0.05) is 24.6 Å². The van der Waals surface area contributed by atoms with Gasteiger partial charge in [-0.25, -0.2) is 9.18 Å². The van der Waals surface area contributed by atoms with Gasteiger partial charge in [0.15, 0.2) is 0 Å². The van der Waals surface area contributed by atoms with Crippen LogP contribution in [0.4, 0.5) is 22.4 Å². The summed E-state index contributed by atoms with van der Waals surface area (Å²) in [6.07, 6.45) is -4.95. The first-order valence-electron chi connectivity index (χ1n) is 11.5. The first-order chi connectivity index (χ1) is 17.4. The number of halogens is 4. The van der Waals surface area contributed by atoms with Crippen LogP contribution in [0.1, 0.15) is 43.8 Å². The largest absolute Gasteiger partial charge is 0.444 e. The number of carbonyl (C=O) groups excluding carboxylic acids is 1. The Morgan fingerprint density at radius 2 is 1.86 bits per heavy atom. The lowest BCUT2D eigenvalue weighted by Gasteiger charge is -2.39. The second-order valence-electron chi connectivity index (χ2n) is 9.85. The van der Waals surface area contributed by atoms with Crippen molar-refractivity contribution in [2.75, 3.05) is 13.1 Å². The minimum absolute atomic E-state index is 0.00374. The van der Waals surface area contributed by atoms with Gasteiger partial charge >= 0.3 is 12.3 Å². The zero-order valence-corrected chi connectivity index (χ0v) is 20.2. The van der Waals surface area contributed by atoms with Crippen molar-refractivity contribution in [2.45, 2.75) is 45.0 Å². The number of aromatic nitrogens is 4. The smallest absolute Gasteiger partial charge is 0.416 e. The van der Waals surface area contributed by atoms with Crippen molar-refractivity contribution in [3.8, 4) is 11.4 Å². The molecule has 37 heavy (non-hydrogen) atoms. The molecule has 12 heteroatoms. The van der Waals surface area contributed by atoms with Gasteiger partial charge in [0.05, 0.1) is 22.2 Å². The number of carbonyl (C=O) groups is 1. The van der Waals surface area contributed by atoms with E-state index in [2.05, 4.69) is 15.2 Å². The van der Waals surface area contributed by atoms with Crippen molar-refractivity contribution in [3.63, 3.8) is 0 Å². The van der Waals surface area contributed by atoms with Crippen LogP contribution in [-0.2, 0) is 17.5 Å². The number of ether oxygens (including phenoxy) is 1. The van der Waals surface area contributed by atoms with Crippen LogP contribution in [0.25, 0.3) is 22.3 Å². The lowest BCUT2D eigenvalue weighted by molar-refractivity contribution is -0.137. The van der Waals surface area contributed by atoms with Crippen LogP contribution in [0, 0.1) is 5.82 Å². The van der Waals surface area contributed by atoms with Gasteiger partial charge in [-0.2, -0.15) is 23.3 Å². The van der Waals surface area contributed by atoms with Gasteiger partial charge in [-0.15, -0.1) is 0 Å². The Bertz CT molecular complexity index is 1470. The molecule has 2 aromatic carbocycles. The normalized spacial score (nSPS) is 14.7. The summed E-state index contributed by atoms with van der Waals surface area (Å²) >= 11 is 0. The van der Waals surface area contributed by atoms with Gasteiger partial charge in [-0.05, 0) is 45.0 Å². The monoisotopic (exact) mass is 517 g/mol. The topological polar surface area (TPSA) is 86.3 Å². The molecule has 0 unspecified atom stereocenters. The molecule has 5 rings (SSSR count). The summed E-state index contributed by atoms with van der Waals surface area (Å²) in [6.45, 7) is 5.98. The van der Waals surface area contributed by atoms with Crippen LogP contribution in [-0.4, -0.2) is 49.6 Å². The van der Waals surface area contributed by atoms with Crippen LogP contribution in [0.15, 0.2) is 47.0 Å². The Morgan fingerprint density at radius 3 is 2.57 bits per heavy atom. The van der Waals surface area contributed by atoms with E-state index in [1.165, 1.54) is 27.8 Å². The summed E-state index contributed by atoms with van der Waals surface area (Å²) in [5, 5.41) is 8.72. The summed E-state index contributed by atoms with van der Waals surface area (Å²) in [7, 11) is 0. The van der Waals surface area contributed by atoms with E-state index in [1.807, 2.05) is 0 Å². The number of amides is 1. The highest BCUT2D eigenvalue weighted by Crippen LogP contribution is 2.35. The molecule has 4 aromatic rings. The Labute approximate surface area is 208 Å². The van der Waals surface area contributed by atoms with Crippen molar-refractivity contribution in [2.24, 2.45) is 0 Å². The predicted octanol–water partition coefficient (Wildman–Crippen LogP) is 5.63. The summed E-state index contributed by atoms with van der Waals surface area (Å²) < 4.78 is 66.2. The Kier molecular flexibility index (Phi) is 5.92. The minimum atomic E-state index is -4.50. The maximum Gasteiger partial charge on any atom is 0.416 e. The molecule has 3 heterocycles. The van der Waals surface area contributed by atoms with E-state index < -0.39 is 29.3 Å². The molecule has 0 atom stereocenters. The Hall–Kier alpha value is -3.96. The maximum atomic E-state index is 14.9. The van der Waals surface area contributed by atoms with E-state index in [9.17, 15) is 22.4 Å². The molecular formula is C25H23F4N5O3. The number of nitrogens with zero attached hydrogens (tertiary/aromatic N) is 5. The van der Waals surface area contributed by atoms with E-state index >= 15 is 0 Å². The van der Waals surface area contributed by atoms with Gasteiger partial charge in [-0.1, -0.05) is 23.4 Å². The molecule has 1 saturated heterocycles. The Balaban J connectivity index is 1.38. The highest BCUT2D eigenvalue weighted by atomic mass is 19.4. The fraction of sp³-hybridized carbons (Fsp3) is 0.360. The number of rotatable bonds is 4. The minimum Gasteiger partial charge on any atom is -0.444 e. The molecule has 2 aromatic heterocycles. The quantitative estimate of drug-likeness (QED) is 0.326. The van der Waals surface area contributed by atoms with Crippen LogP contribution in [0.2, 0.25) is 0 Å². The van der Waals surface area contributed by atoms with E-state index in [-0.39, 0.29) is 29.7 Å². The molecule has 1 aliphatic rings. The molecule has 0 aliphatic carbocycles. The summed E-state index contributed by atoms with van der Waals surface area (Å²) in [5.74, 6) is -0.561. The molecule has 1 fully saturated rings. The Morgan fingerprint density at radius 1 is 1.14 bits per heavy atom. The first kappa shape index (κ1) is 24.7. The lowest BCUT2D eigenvalue weighted by atomic mass is 9.94. The molecule has 0 radical (unpaired) electrons. The molecule has 0 saturated carbocycles. The van der Waals surface area contributed by atoms with Gasteiger partial charge in [-0.3, -0.25) is 4.68 Å². The van der Waals surface area contributed by atoms with Gasteiger partial charge in [0.1, 0.15) is 18.0 Å². The average Bonchev–Trinajstić information content (AvgIpc) is 3.37. The summed E-state index contributed by atoms with van der Waals surface area (Å²) in [5.41, 5.74) is -0.316. The average molecular weight is 517 g/mol. The van der Waals surface area contributed by atoms with Gasteiger partial charge in [0.25, 0.3) is 0 Å². The maximum absolute atomic E-state index is 14.9. The van der Waals surface area contributed by atoms with Crippen LogP contribution in [0.3, 0.4) is 0 Å². The molecule has 194 valence electrons. The predicted molar refractivity (Wildman–Crippen MR) is 124 cm³/mol. The third-order valence-electron chi connectivity index (χ3n) is 5.88. The second kappa shape index (κ2) is 8.86. The lowest BCUT2D eigenvalue weighted by Crippen LogP contribution is -2.50. The van der Waals surface area contributed by atoms with Gasteiger partial charge < -0.3 is 14.2 Å².